The topological polar surface area (TPSA) is 0 Å². The van der Waals surface area contributed by atoms with Gasteiger partial charge in [0.15, 0.2) is 0 Å². The van der Waals surface area contributed by atoms with Crippen LogP contribution in [0.3, 0.4) is 0 Å². The van der Waals surface area contributed by atoms with E-state index < -0.39 is 0 Å². The Bertz CT molecular complexity index is 170. The predicted molar refractivity (Wildman–Crippen MR) is 56.2 cm³/mol. The predicted octanol–water partition coefficient (Wildman–Crippen LogP) is -0.827. The minimum Gasteiger partial charge on any atom is -0.112 e. The maximum absolute atomic E-state index is 3.42. The summed E-state index contributed by atoms with van der Waals surface area (Å²) in [7, 11) is 2.31. The van der Waals surface area contributed by atoms with E-state index in [0.717, 1.165) is 10.2 Å². The summed E-state index contributed by atoms with van der Waals surface area (Å²) in [5.41, 5.74) is 1.89. The van der Waals surface area contributed by atoms with Gasteiger partial charge in [-0.1, -0.05) is 35.5 Å². The molecule has 0 aliphatic rings. The summed E-state index contributed by atoms with van der Waals surface area (Å²) in [6, 6.07) is 10.5. The third-order valence-corrected chi connectivity index (χ3v) is 1.61. The van der Waals surface area contributed by atoms with Gasteiger partial charge >= 0.3 is 0 Å². The van der Waals surface area contributed by atoms with Crippen molar-refractivity contribution in [1.82, 2.24) is 0 Å². The van der Waals surface area contributed by atoms with Gasteiger partial charge in [-0.05, 0) is 0 Å². The van der Waals surface area contributed by atoms with Crippen molar-refractivity contribution in [1.29, 1.82) is 0 Å². The van der Waals surface area contributed by atoms with E-state index in [1.54, 1.807) is 0 Å². The maximum atomic E-state index is 3.42. The quantitative estimate of drug-likeness (QED) is 0.442. The van der Waals surface area contributed by atoms with Crippen molar-refractivity contribution in [3.63, 3.8) is 0 Å². The largest absolute Gasteiger partial charge is 0.112 e. The molecule has 0 N–H and O–H groups in total. The molecule has 0 atom stereocenters. The van der Waals surface area contributed by atoms with Crippen molar-refractivity contribution in [2.45, 2.75) is 0 Å². The summed E-state index contributed by atoms with van der Waals surface area (Å²) in [5.74, 6) is 0. The Labute approximate surface area is 68.8 Å². The number of hydrogen-bond donors (Lipinski definition) is 0. The minimum atomic E-state index is 1.13. The Kier molecular flexibility index (Phi) is 6.12. The van der Waals surface area contributed by atoms with E-state index in [4.69, 9.17) is 0 Å². The molecule has 0 saturated heterocycles. The van der Waals surface area contributed by atoms with Crippen molar-refractivity contribution in [2.75, 3.05) is 0 Å². The summed E-state index contributed by atoms with van der Waals surface area (Å²) in [6.45, 7) is 3.42. The van der Waals surface area contributed by atoms with Crippen molar-refractivity contribution in [2.24, 2.45) is 0 Å². The molecular formula is C8H14Si2. The first kappa shape index (κ1) is 9.39. The normalized spacial score (nSPS) is 8.00. The summed E-state index contributed by atoms with van der Waals surface area (Å²) in [4.78, 5) is 0. The molecule has 0 radical (unpaired) electrons. The van der Waals surface area contributed by atoms with E-state index in [9.17, 15) is 0 Å². The zero-order valence-electron chi connectivity index (χ0n) is 6.67. The van der Waals surface area contributed by atoms with Crippen LogP contribution in [0, 0.1) is 0 Å². The minimum absolute atomic E-state index is 1.13. The molecule has 0 heterocycles. The average molecular weight is 166 g/mol. The molecule has 0 bridgehead atoms. The Balaban J connectivity index is 0.000000236. The van der Waals surface area contributed by atoms with Gasteiger partial charge in [0, 0.05) is 20.5 Å². The zero-order chi connectivity index (χ0) is 7.82. The first-order valence-corrected chi connectivity index (χ1v) is 5.55. The van der Waals surface area contributed by atoms with Crippen LogP contribution in [0.4, 0.5) is 0 Å². The molecule has 0 aliphatic heterocycles. The first-order chi connectivity index (χ1) is 4.81. The SMILES string of the molecule is C=C[SiH3].[SiH3]c1ccccc1. The van der Waals surface area contributed by atoms with E-state index in [0.29, 0.717) is 0 Å². The summed E-state index contributed by atoms with van der Waals surface area (Å²) in [6.07, 6.45) is 0. The van der Waals surface area contributed by atoms with Gasteiger partial charge in [-0.25, -0.2) is 0 Å². The molecular weight excluding hydrogens is 152 g/mol. The fourth-order valence-electron chi connectivity index (χ4n) is 0.534. The highest BCUT2D eigenvalue weighted by Crippen LogP contribution is 1.76. The molecule has 0 amide bonds. The highest BCUT2D eigenvalue weighted by atomic mass is 28.1. The van der Waals surface area contributed by atoms with Crippen LogP contribution in [0.2, 0.25) is 0 Å². The second-order valence-corrected chi connectivity index (χ2v) is 4.03. The maximum Gasteiger partial charge on any atom is 0.0384 e. The fraction of sp³-hybridized carbons (Fsp3) is 0. The highest BCUT2D eigenvalue weighted by Gasteiger charge is 1.72. The Morgan fingerprint density at radius 3 is 1.80 bits per heavy atom. The van der Waals surface area contributed by atoms with Gasteiger partial charge in [0.2, 0.25) is 0 Å². The lowest BCUT2D eigenvalue weighted by atomic mass is 10.4. The van der Waals surface area contributed by atoms with Crippen molar-refractivity contribution in [3.8, 4) is 0 Å². The van der Waals surface area contributed by atoms with Gasteiger partial charge in [-0.2, -0.15) is 0 Å². The fourth-order valence-corrected chi connectivity index (χ4v) is 0.919. The molecule has 0 saturated carbocycles. The third-order valence-electron chi connectivity index (χ3n) is 0.940. The molecule has 54 valence electrons. The molecule has 0 nitrogen and oxygen atoms in total. The van der Waals surface area contributed by atoms with E-state index in [1.807, 2.05) is 11.8 Å². The highest BCUT2D eigenvalue weighted by molar-refractivity contribution is 6.32. The first-order valence-electron chi connectivity index (χ1n) is 3.40. The van der Waals surface area contributed by atoms with Crippen molar-refractivity contribution >= 4 is 25.7 Å². The van der Waals surface area contributed by atoms with Gasteiger partial charge in [-0.3, -0.25) is 0 Å². The molecule has 1 aromatic carbocycles. The summed E-state index contributed by atoms with van der Waals surface area (Å²) in [5, 5.41) is 1.46. The van der Waals surface area contributed by atoms with E-state index in [-0.39, 0.29) is 0 Å². The second-order valence-electron chi connectivity index (χ2n) is 2.06. The molecule has 0 fully saturated rings. The number of benzene rings is 1. The van der Waals surface area contributed by atoms with Crippen LogP contribution in [-0.4, -0.2) is 20.5 Å². The molecule has 0 aromatic heterocycles. The van der Waals surface area contributed by atoms with Crippen molar-refractivity contribution < 1.29 is 0 Å². The van der Waals surface area contributed by atoms with Crippen molar-refractivity contribution in [3.05, 3.63) is 42.6 Å². The molecule has 10 heavy (non-hydrogen) atoms. The average Bonchev–Trinajstić information content (AvgIpc) is 1.91. The monoisotopic (exact) mass is 166 g/mol. The molecule has 1 rings (SSSR count). The molecule has 1 aromatic rings. The van der Waals surface area contributed by atoms with E-state index in [2.05, 4.69) is 30.8 Å². The van der Waals surface area contributed by atoms with Gasteiger partial charge < -0.3 is 0 Å². The van der Waals surface area contributed by atoms with Gasteiger partial charge in [0.25, 0.3) is 0 Å². The van der Waals surface area contributed by atoms with Crippen LogP contribution in [0.1, 0.15) is 0 Å². The third kappa shape index (κ3) is 5.53. The van der Waals surface area contributed by atoms with Crippen LogP contribution < -0.4 is 5.19 Å². The smallest absolute Gasteiger partial charge is 0.0384 e. The lowest BCUT2D eigenvalue weighted by Crippen LogP contribution is -1.97. The number of hydrogen-bond acceptors (Lipinski definition) is 0. The standard InChI is InChI=1S/C6H8Si.C2H6Si/c7-6-4-2-1-3-5-6;1-2-3/h1-5H,7H3;2H,1H2,3H3. The van der Waals surface area contributed by atoms with E-state index >= 15 is 0 Å². The molecule has 0 unspecified atom stereocenters. The lowest BCUT2D eigenvalue weighted by Gasteiger charge is -1.82. The molecule has 0 spiro atoms. The lowest BCUT2D eigenvalue weighted by molar-refractivity contribution is 1.78. The molecule has 2 heteroatoms. The van der Waals surface area contributed by atoms with Gasteiger partial charge in [0.05, 0.1) is 0 Å². The van der Waals surface area contributed by atoms with Crippen LogP contribution in [0.25, 0.3) is 0 Å². The Morgan fingerprint density at radius 2 is 1.60 bits per heavy atom. The Hall–Kier alpha value is -0.606. The van der Waals surface area contributed by atoms with Crippen LogP contribution in [0.15, 0.2) is 42.6 Å². The summed E-state index contributed by atoms with van der Waals surface area (Å²) >= 11 is 0. The van der Waals surface area contributed by atoms with E-state index in [1.165, 1.54) is 15.4 Å². The van der Waals surface area contributed by atoms with Crippen LogP contribution >= 0.6 is 0 Å². The van der Waals surface area contributed by atoms with Gasteiger partial charge in [0.1, 0.15) is 0 Å². The summed E-state index contributed by atoms with van der Waals surface area (Å²) < 4.78 is 0. The van der Waals surface area contributed by atoms with Crippen LogP contribution in [-0.2, 0) is 0 Å². The second kappa shape index (κ2) is 6.51. The van der Waals surface area contributed by atoms with Gasteiger partial charge in [-0.15, -0.1) is 12.3 Å². The van der Waals surface area contributed by atoms with Crippen LogP contribution in [0.5, 0.6) is 0 Å². The Morgan fingerprint density at radius 1 is 1.20 bits per heavy atom. The number of rotatable bonds is 0. The zero-order valence-corrected chi connectivity index (χ0v) is 10.7. The molecule has 0 aliphatic carbocycles.